The van der Waals surface area contributed by atoms with Crippen LogP contribution in [-0.2, 0) is 9.53 Å². The second kappa shape index (κ2) is 6.87. The van der Waals surface area contributed by atoms with Gasteiger partial charge in [0, 0.05) is 12.5 Å². The quantitative estimate of drug-likeness (QED) is 0.742. The third kappa shape index (κ3) is 3.30. The fourth-order valence-electron chi connectivity index (χ4n) is 1.95. The van der Waals surface area contributed by atoms with Crippen LogP contribution in [0, 0.1) is 0 Å². The summed E-state index contributed by atoms with van der Waals surface area (Å²) in [4.78, 5) is 11.1. The van der Waals surface area contributed by atoms with E-state index in [1.807, 2.05) is 13.0 Å². The first-order chi connectivity index (χ1) is 9.08. The lowest BCUT2D eigenvalue weighted by Gasteiger charge is -2.21. The molecule has 0 bridgehead atoms. The molecule has 1 aromatic carbocycles. The maximum atomic E-state index is 11.1. The van der Waals surface area contributed by atoms with Crippen molar-refractivity contribution >= 4 is 5.97 Å². The van der Waals surface area contributed by atoms with Crippen molar-refractivity contribution in [1.29, 1.82) is 0 Å². The Kier molecular flexibility index (Phi) is 5.48. The Morgan fingerprint density at radius 3 is 2.16 bits per heavy atom. The van der Waals surface area contributed by atoms with Crippen molar-refractivity contribution in [3.8, 4) is 17.2 Å². The van der Waals surface area contributed by atoms with Gasteiger partial charge in [-0.05, 0) is 18.6 Å². The summed E-state index contributed by atoms with van der Waals surface area (Å²) < 4.78 is 21.2. The van der Waals surface area contributed by atoms with Crippen LogP contribution >= 0.6 is 0 Å². The molecule has 0 amide bonds. The van der Waals surface area contributed by atoms with Crippen molar-refractivity contribution < 1.29 is 23.7 Å². The van der Waals surface area contributed by atoms with E-state index in [-0.39, 0.29) is 12.1 Å². The molecule has 0 saturated heterocycles. The molecule has 0 aliphatic carbocycles. The number of carbonyl (C=O) groups excluding carboxylic acids is 1. The number of hydrogen-bond donors (Lipinski definition) is 0. The molecular weight excluding hydrogens is 248 g/mol. The van der Waals surface area contributed by atoms with Gasteiger partial charge in [-0.25, -0.2) is 0 Å². The largest absolute Gasteiger partial charge is 0.493 e. The van der Waals surface area contributed by atoms with Crippen molar-refractivity contribution in [3.05, 3.63) is 17.7 Å². The highest BCUT2D eigenvalue weighted by atomic mass is 16.5. The number of rotatable bonds is 6. The molecule has 0 aliphatic heterocycles. The van der Waals surface area contributed by atoms with E-state index in [0.29, 0.717) is 23.7 Å². The molecule has 1 aromatic rings. The first-order valence-electron chi connectivity index (χ1n) is 6.05. The van der Waals surface area contributed by atoms with Gasteiger partial charge in [0.25, 0.3) is 0 Å². The molecule has 0 aliphatic rings. The van der Waals surface area contributed by atoms with Crippen LogP contribution in [0.4, 0.5) is 0 Å². The Balaban J connectivity index is 3.29. The van der Waals surface area contributed by atoms with Gasteiger partial charge >= 0.3 is 5.97 Å². The molecule has 19 heavy (non-hydrogen) atoms. The minimum absolute atomic E-state index is 0.330. The van der Waals surface area contributed by atoms with Gasteiger partial charge in [0.1, 0.15) is 6.10 Å². The maximum Gasteiger partial charge on any atom is 0.303 e. The third-order valence-corrected chi connectivity index (χ3v) is 2.76. The van der Waals surface area contributed by atoms with Gasteiger partial charge in [-0.15, -0.1) is 0 Å². The van der Waals surface area contributed by atoms with Crippen LogP contribution < -0.4 is 14.2 Å². The summed E-state index contributed by atoms with van der Waals surface area (Å²) in [6.45, 7) is 3.32. The van der Waals surface area contributed by atoms with E-state index in [2.05, 4.69) is 0 Å². The summed E-state index contributed by atoms with van der Waals surface area (Å²) >= 11 is 0. The average Bonchev–Trinajstić information content (AvgIpc) is 2.42. The van der Waals surface area contributed by atoms with Gasteiger partial charge in [-0.1, -0.05) is 6.92 Å². The van der Waals surface area contributed by atoms with Crippen LogP contribution in [-0.4, -0.2) is 27.3 Å². The summed E-state index contributed by atoms with van der Waals surface area (Å²) in [5, 5.41) is 0. The zero-order valence-corrected chi connectivity index (χ0v) is 12.0. The molecule has 0 N–H and O–H groups in total. The summed E-state index contributed by atoms with van der Waals surface area (Å²) in [7, 11) is 4.64. The summed E-state index contributed by atoms with van der Waals surface area (Å²) in [5.41, 5.74) is 0.762. The Bertz CT molecular complexity index is 442. The van der Waals surface area contributed by atoms with Crippen molar-refractivity contribution in [1.82, 2.24) is 0 Å². The molecule has 0 saturated carbocycles. The second-order valence-electron chi connectivity index (χ2n) is 3.93. The lowest BCUT2D eigenvalue weighted by atomic mass is 10.0. The standard InChI is InChI=1S/C14H20O5/c1-6-11(19-9(2)15)10-7-8-12(16-3)14(18-5)13(10)17-4/h7-8,11H,6H2,1-5H3. The van der Waals surface area contributed by atoms with E-state index in [9.17, 15) is 4.79 Å². The second-order valence-corrected chi connectivity index (χ2v) is 3.93. The highest BCUT2D eigenvalue weighted by Gasteiger charge is 2.23. The fourth-order valence-corrected chi connectivity index (χ4v) is 1.95. The summed E-state index contributed by atoms with van der Waals surface area (Å²) in [6, 6.07) is 3.58. The minimum atomic E-state index is -0.368. The van der Waals surface area contributed by atoms with Gasteiger partial charge in [0.05, 0.1) is 21.3 Å². The van der Waals surface area contributed by atoms with Crippen LogP contribution in [0.3, 0.4) is 0 Å². The molecule has 0 fully saturated rings. The predicted molar refractivity (Wildman–Crippen MR) is 70.9 cm³/mol. The summed E-state index contributed by atoms with van der Waals surface area (Å²) in [5.74, 6) is 1.26. The predicted octanol–water partition coefficient (Wildman–Crippen LogP) is 2.73. The topological polar surface area (TPSA) is 54.0 Å². The Morgan fingerprint density at radius 2 is 1.74 bits per heavy atom. The molecule has 1 unspecified atom stereocenters. The monoisotopic (exact) mass is 268 g/mol. The van der Waals surface area contributed by atoms with Crippen molar-refractivity contribution in [2.75, 3.05) is 21.3 Å². The summed E-state index contributed by atoms with van der Waals surface area (Å²) in [6.07, 6.45) is 0.276. The Morgan fingerprint density at radius 1 is 1.11 bits per heavy atom. The lowest BCUT2D eigenvalue weighted by Crippen LogP contribution is -2.10. The zero-order valence-electron chi connectivity index (χ0n) is 12.0. The third-order valence-electron chi connectivity index (χ3n) is 2.76. The first kappa shape index (κ1) is 15.1. The van der Waals surface area contributed by atoms with Crippen molar-refractivity contribution in [3.63, 3.8) is 0 Å². The molecular formula is C14H20O5. The minimum Gasteiger partial charge on any atom is -0.493 e. The lowest BCUT2D eigenvalue weighted by molar-refractivity contribution is -0.146. The fraction of sp³-hybridized carbons (Fsp3) is 0.500. The number of esters is 1. The normalized spacial score (nSPS) is 11.6. The van der Waals surface area contributed by atoms with Crippen LogP contribution in [0.25, 0.3) is 0 Å². The molecule has 1 atom stereocenters. The maximum absolute atomic E-state index is 11.1. The van der Waals surface area contributed by atoms with E-state index < -0.39 is 0 Å². The molecule has 0 radical (unpaired) electrons. The number of ether oxygens (including phenoxy) is 4. The number of carbonyl (C=O) groups is 1. The molecule has 0 heterocycles. The van der Waals surface area contributed by atoms with Crippen molar-refractivity contribution in [2.24, 2.45) is 0 Å². The van der Waals surface area contributed by atoms with Gasteiger partial charge in [0.15, 0.2) is 11.5 Å². The Hall–Kier alpha value is -1.91. The van der Waals surface area contributed by atoms with Crippen LogP contribution in [0.15, 0.2) is 12.1 Å². The number of hydrogen-bond acceptors (Lipinski definition) is 5. The van der Waals surface area contributed by atoms with Crippen LogP contribution in [0.5, 0.6) is 17.2 Å². The van der Waals surface area contributed by atoms with E-state index in [1.165, 1.54) is 14.0 Å². The van der Waals surface area contributed by atoms with E-state index >= 15 is 0 Å². The van der Waals surface area contributed by atoms with Gasteiger partial charge in [0.2, 0.25) is 5.75 Å². The van der Waals surface area contributed by atoms with Crippen molar-refractivity contribution in [2.45, 2.75) is 26.4 Å². The van der Waals surface area contributed by atoms with Gasteiger partial charge < -0.3 is 18.9 Å². The highest BCUT2D eigenvalue weighted by molar-refractivity contribution is 5.67. The molecule has 0 spiro atoms. The Labute approximate surface area is 113 Å². The molecule has 5 heteroatoms. The molecule has 1 rings (SSSR count). The van der Waals surface area contributed by atoms with E-state index in [0.717, 1.165) is 5.56 Å². The van der Waals surface area contributed by atoms with Gasteiger partial charge in [-0.3, -0.25) is 4.79 Å². The van der Waals surface area contributed by atoms with E-state index in [4.69, 9.17) is 18.9 Å². The molecule has 106 valence electrons. The molecule has 0 aromatic heterocycles. The van der Waals surface area contributed by atoms with Crippen LogP contribution in [0.1, 0.15) is 31.9 Å². The smallest absolute Gasteiger partial charge is 0.303 e. The molecule has 5 nitrogen and oxygen atoms in total. The number of methoxy groups -OCH3 is 3. The van der Waals surface area contributed by atoms with Crippen LogP contribution in [0.2, 0.25) is 0 Å². The average molecular weight is 268 g/mol. The van der Waals surface area contributed by atoms with Gasteiger partial charge in [-0.2, -0.15) is 0 Å². The SMILES string of the molecule is CCC(OC(C)=O)c1ccc(OC)c(OC)c1OC. The number of benzene rings is 1. The van der Waals surface area contributed by atoms with E-state index in [1.54, 1.807) is 20.3 Å². The first-order valence-corrected chi connectivity index (χ1v) is 6.05. The zero-order chi connectivity index (χ0) is 14.4. The highest BCUT2D eigenvalue weighted by Crippen LogP contribution is 2.43.